The molecule has 3 aromatic rings. The van der Waals surface area contributed by atoms with Crippen molar-refractivity contribution in [3.63, 3.8) is 0 Å². The number of benzene rings is 2. The van der Waals surface area contributed by atoms with Gasteiger partial charge in [0.1, 0.15) is 0 Å². The van der Waals surface area contributed by atoms with Crippen molar-refractivity contribution in [2.24, 2.45) is 5.73 Å². The molecule has 0 radical (unpaired) electrons. The zero-order valence-corrected chi connectivity index (χ0v) is 11.3. The van der Waals surface area contributed by atoms with Crippen LogP contribution in [-0.2, 0) is 6.54 Å². The molecule has 0 saturated carbocycles. The number of anilines is 1. The second kappa shape index (κ2) is 5.58. The van der Waals surface area contributed by atoms with Crippen LogP contribution in [0.1, 0.15) is 16.1 Å². The molecule has 104 valence electrons. The van der Waals surface area contributed by atoms with E-state index in [9.17, 15) is 4.79 Å². The van der Waals surface area contributed by atoms with Crippen LogP contribution in [0.25, 0.3) is 11.0 Å². The van der Waals surface area contributed by atoms with Crippen LogP contribution in [0.2, 0.25) is 0 Å². The van der Waals surface area contributed by atoms with Crippen LogP contribution in [0, 0.1) is 0 Å². The molecule has 0 atom stereocenters. The first-order valence-electron chi connectivity index (χ1n) is 6.57. The summed E-state index contributed by atoms with van der Waals surface area (Å²) in [5.74, 6) is -0.429. The molecule has 1 heterocycles. The summed E-state index contributed by atoms with van der Waals surface area (Å²) in [6.07, 6.45) is 1.76. The van der Waals surface area contributed by atoms with Crippen molar-refractivity contribution in [2.75, 3.05) is 5.32 Å². The molecule has 3 N–H and O–H groups in total. The average molecular weight is 278 g/mol. The van der Waals surface area contributed by atoms with Gasteiger partial charge in [-0.3, -0.25) is 9.78 Å². The van der Waals surface area contributed by atoms with Gasteiger partial charge in [0.25, 0.3) is 0 Å². The van der Waals surface area contributed by atoms with Gasteiger partial charge in [-0.2, -0.15) is 0 Å². The van der Waals surface area contributed by atoms with Crippen LogP contribution in [-0.4, -0.2) is 15.9 Å². The fourth-order valence-electron chi connectivity index (χ4n) is 2.03. The summed E-state index contributed by atoms with van der Waals surface area (Å²) in [7, 11) is 0. The van der Waals surface area contributed by atoms with Crippen LogP contribution >= 0.6 is 0 Å². The fourth-order valence-corrected chi connectivity index (χ4v) is 2.03. The van der Waals surface area contributed by atoms with E-state index in [4.69, 9.17) is 5.73 Å². The quantitative estimate of drug-likeness (QED) is 0.767. The van der Waals surface area contributed by atoms with E-state index in [1.165, 1.54) is 0 Å². The Bertz CT molecular complexity index is 784. The maximum Gasteiger partial charge on any atom is 0.248 e. The molecule has 0 bridgehead atoms. The average Bonchev–Trinajstić information content (AvgIpc) is 2.53. The summed E-state index contributed by atoms with van der Waals surface area (Å²) >= 11 is 0. The van der Waals surface area contributed by atoms with Crippen molar-refractivity contribution in [1.82, 2.24) is 9.97 Å². The van der Waals surface area contributed by atoms with E-state index in [0.717, 1.165) is 22.4 Å². The van der Waals surface area contributed by atoms with Crippen molar-refractivity contribution < 1.29 is 4.79 Å². The molecule has 3 rings (SSSR count). The number of amides is 1. The number of aromatic nitrogens is 2. The summed E-state index contributed by atoms with van der Waals surface area (Å²) in [5, 5.41) is 3.24. The zero-order chi connectivity index (χ0) is 14.7. The Morgan fingerprint density at radius 2 is 1.76 bits per heavy atom. The second-order valence-corrected chi connectivity index (χ2v) is 4.65. The van der Waals surface area contributed by atoms with Gasteiger partial charge in [-0.1, -0.05) is 12.1 Å². The normalized spacial score (nSPS) is 10.5. The van der Waals surface area contributed by atoms with Gasteiger partial charge in [0.2, 0.25) is 5.91 Å². The number of carbonyl (C=O) groups is 1. The number of para-hydroxylation sites is 2. The third-order valence-corrected chi connectivity index (χ3v) is 3.14. The highest BCUT2D eigenvalue weighted by atomic mass is 16.1. The predicted molar refractivity (Wildman–Crippen MR) is 81.8 cm³/mol. The largest absolute Gasteiger partial charge is 0.379 e. The number of primary amides is 1. The molecule has 0 fully saturated rings. The van der Waals surface area contributed by atoms with E-state index >= 15 is 0 Å². The molecule has 0 spiro atoms. The standard InChI is InChI=1S/C16H14N4O/c17-16(21)11-5-7-12(8-6-11)18-9-13-10-19-14-3-1-2-4-15(14)20-13/h1-8,10,18H,9H2,(H2,17,21). The lowest BCUT2D eigenvalue weighted by Gasteiger charge is -2.07. The number of fused-ring (bicyclic) bond motifs is 1. The molecule has 1 aromatic heterocycles. The van der Waals surface area contributed by atoms with E-state index in [1.807, 2.05) is 36.4 Å². The summed E-state index contributed by atoms with van der Waals surface area (Å²) in [6.45, 7) is 0.563. The first-order chi connectivity index (χ1) is 10.2. The van der Waals surface area contributed by atoms with Crippen LogP contribution in [0.5, 0.6) is 0 Å². The maximum atomic E-state index is 11.0. The Kier molecular flexibility index (Phi) is 3.47. The van der Waals surface area contributed by atoms with E-state index in [-0.39, 0.29) is 0 Å². The molecule has 5 nitrogen and oxygen atoms in total. The van der Waals surface area contributed by atoms with Gasteiger partial charge in [0.05, 0.1) is 29.5 Å². The molecule has 0 aliphatic carbocycles. The van der Waals surface area contributed by atoms with E-state index in [1.54, 1.807) is 18.3 Å². The Labute approximate surface area is 121 Å². The van der Waals surface area contributed by atoms with E-state index < -0.39 is 5.91 Å². The highest BCUT2D eigenvalue weighted by Gasteiger charge is 2.01. The third-order valence-electron chi connectivity index (χ3n) is 3.14. The molecule has 0 unspecified atom stereocenters. The van der Waals surface area contributed by atoms with E-state index in [0.29, 0.717) is 12.1 Å². The van der Waals surface area contributed by atoms with Gasteiger partial charge in [0, 0.05) is 11.3 Å². The maximum absolute atomic E-state index is 11.0. The number of hydrogen-bond donors (Lipinski definition) is 2. The van der Waals surface area contributed by atoms with Crippen molar-refractivity contribution in [3.05, 3.63) is 66.0 Å². The highest BCUT2D eigenvalue weighted by Crippen LogP contribution is 2.12. The lowest BCUT2D eigenvalue weighted by molar-refractivity contribution is 0.100. The third kappa shape index (κ3) is 2.97. The van der Waals surface area contributed by atoms with Gasteiger partial charge in [0.15, 0.2) is 0 Å². The summed E-state index contributed by atoms with van der Waals surface area (Å²) < 4.78 is 0. The SMILES string of the molecule is NC(=O)c1ccc(NCc2cnc3ccccc3n2)cc1. The molecule has 2 aromatic carbocycles. The van der Waals surface area contributed by atoms with E-state index in [2.05, 4.69) is 15.3 Å². The number of hydrogen-bond acceptors (Lipinski definition) is 4. The topological polar surface area (TPSA) is 80.9 Å². The molecular weight excluding hydrogens is 264 g/mol. The fraction of sp³-hybridized carbons (Fsp3) is 0.0625. The van der Waals surface area contributed by atoms with Gasteiger partial charge in [-0.15, -0.1) is 0 Å². The minimum Gasteiger partial charge on any atom is -0.379 e. The summed E-state index contributed by atoms with van der Waals surface area (Å²) in [6, 6.07) is 14.8. The lowest BCUT2D eigenvalue weighted by atomic mass is 10.2. The lowest BCUT2D eigenvalue weighted by Crippen LogP contribution is -2.10. The van der Waals surface area contributed by atoms with Crippen molar-refractivity contribution >= 4 is 22.6 Å². The molecule has 21 heavy (non-hydrogen) atoms. The Morgan fingerprint density at radius 1 is 1.05 bits per heavy atom. The number of nitrogens with one attached hydrogen (secondary N) is 1. The molecule has 0 aliphatic rings. The molecular formula is C16H14N4O. The Balaban J connectivity index is 1.72. The second-order valence-electron chi connectivity index (χ2n) is 4.65. The number of nitrogens with zero attached hydrogens (tertiary/aromatic N) is 2. The van der Waals surface area contributed by atoms with Crippen LogP contribution in [0.4, 0.5) is 5.69 Å². The van der Waals surface area contributed by atoms with Crippen molar-refractivity contribution in [3.8, 4) is 0 Å². The zero-order valence-electron chi connectivity index (χ0n) is 11.3. The molecule has 0 aliphatic heterocycles. The minimum absolute atomic E-state index is 0.429. The number of nitrogens with two attached hydrogens (primary N) is 1. The smallest absolute Gasteiger partial charge is 0.248 e. The van der Waals surface area contributed by atoms with Crippen LogP contribution in [0.15, 0.2) is 54.7 Å². The van der Waals surface area contributed by atoms with Crippen molar-refractivity contribution in [2.45, 2.75) is 6.54 Å². The molecule has 5 heteroatoms. The van der Waals surface area contributed by atoms with Crippen LogP contribution < -0.4 is 11.1 Å². The highest BCUT2D eigenvalue weighted by molar-refractivity contribution is 5.93. The van der Waals surface area contributed by atoms with Crippen LogP contribution in [0.3, 0.4) is 0 Å². The first kappa shape index (κ1) is 13.1. The van der Waals surface area contributed by atoms with Gasteiger partial charge >= 0.3 is 0 Å². The van der Waals surface area contributed by atoms with Gasteiger partial charge in [-0.25, -0.2) is 4.98 Å². The molecule has 1 amide bonds. The Morgan fingerprint density at radius 3 is 2.48 bits per heavy atom. The first-order valence-corrected chi connectivity index (χ1v) is 6.57. The summed E-state index contributed by atoms with van der Waals surface area (Å²) in [5.41, 5.74) is 9.21. The monoisotopic (exact) mass is 278 g/mol. The number of carbonyl (C=O) groups excluding carboxylic acids is 1. The Hall–Kier alpha value is -2.95. The van der Waals surface area contributed by atoms with Gasteiger partial charge < -0.3 is 11.1 Å². The molecule has 0 saturated heterocycles. The predicted octanol–water partition coefficient (Wildman–Crippen LogP) is 2.34. The summed E-state index contributed by atoms with van der Waals surface area (Å²) in [4.78, 5) is 19.9. The minimum atomic E-state index is -0.429. The number of rotatable bonds is 4. The van der Waals surface area contributed by atoms with Gasteiger partial charge in [-0.05, 0) is 36.4 Å². The van der Waals surface area contributed by atoms with Crippen molar-refractivity contribution in [1.29, 1.82) is 0 Å².